The molecular formula is C16H22N2O3. The lowest BCUT2D eigenvalue weighted by atomic mass is 9.91. The standard InChI is InChI=1S/C16H22N2O3/c1-2-18-10-4-6-12(15(18)19)5-3-7-14-11-13(16(20)21)8-9-17-14/h8-9,11-12H,2-7,10H2,1H3,(H,20,21)/t12-/m1/s1. The maximum Gasteiger partial charge on any atom is 0.335 e. The van der Waals surface area contributed by atoms with Gasteiger partial charge in [-0.05, 0) is 51.2 Å². The summed E-state index contributed by atoms with van der Waals surface area (Å²) in [5.74, 6) is -0.531. The first-order valence-corrected chi connectivity index (χ1v) is 7.58. The summed E-state index contributed by atoms with van der Waals surface area (Å²) in [6, 6.07) is 3.11. The summed E-state index contributed by atoms with van der Waals surface area (Å²) < 4.78 is 0. The molecule has 1 saturated heterocycles. The fourth-order valence-corrected chi connectivity index (χ4v) is 2.88. The van der Waals surface area contributed by atoms with Gasteiger partial charge in [-0.15, -0.1) is 0 Å². The van der Waals surface area contributed by atoms with Crippen LogP contribution in [0.4, 0.5) is 0 Å². The highest BCUT2D eigenvalue weighted by atomic mass is 16.4. The van der Waals surface area contributed by atoms with Crippen LogP contribution >= 0.6 is 0 Å². The normalized spacial score (nSPS) is 18.8. The van der Waals surface area contributed by atoms with Gasteiger partial charge in [-0.3, -0.25) is 9.78 Å². The molecule has 114 valence electrons. The van der Waals surface area contributed by atoms with Crippen molar-refractivity contribution in [3.05, 3.63) is 29.6 Å². The second kappa shape index (κ2) is 7.20. The Balaban J connectivity index is 1.85. The van der Waals surface area contributed by atoms with Crippen LogP contribution in [0.3, 0.4) is 0 Å². The number of rotatable bonds is 6. The number of aryl methyl sites for hydroxylation is 1. The maximum atomic E-state index is 12.2. The summed E-state index contributed by atoms with van der Waals surface area (Å²) in [7, 11) is 0. The minimum atomic E-state index is -0.931. The van der Waals surface area contributed by atoms with E-state index in [0.29, 0.717) is 0 Å². The number of carbonyl (C=O) groups is 2. The Morgan fingerprint density at radius 1 is 1.52 bits per heavy atom. The molecule has 2 heterocycles. The number of pyridine rings is 1. The third-order valence-electron chi connectivity index (χ3n) is 4.07. The Bertz CT molecular complexity index is 516. The first-order chi connectivity index (χ1) is 10.1. The van der Waals surface area contributed by atoms with E-state index in [2.05, 4.69) is 4.98 Å². The Labute approximate surface area is 125 Å². The smallest absolute Gasteiger partial charge is 0.335 e. The van der Waals surface area contributed by atoms with Crippen LogP contribution in [0.15, 0.2) is 18.3 Å². The van der Waals surface area contributed by atoms with Crippen molar-refractivity contribution in [3.63, 3.8) is 0 Å². The van der Waals surface area contributed by atoms with Gasteiger partial charge in [0.05, 0.1) is 5.56 Å². The highest BCUT2D eigenvalue weighted by Crippen LogP contribution is 2.23. The van der Waals surface area contributed by atoms with Gasteiger partial charge in [0.25, 0.3) is 0 Å². The zero-order chi connectivity index (χ0) is 15.2. The number of carbonyl (C=O) groups excluding carboxylic acids is 1. The number of carboxylic acid groups (broad SMARTS) is 1. The first kappa shape index (κ1) is 15.5. The number of piperidine rings is 1. The molecule has 5 heteroatoms. The topological polar surface area (TPSA) is 70.5 Å². The van der Waals surface area contributed by atoms with Gasteiger partial charge in [-0.1, -0.05) is 0 Å². The zero-order valence-electron chi connectivity index (χ0n) is 12.4. The molecule has 1 aromatic rings. The van der Waals surface area contributed by atoms with Gasteiger partial charge >= 0.3 is 5.97 Å². The van der Waals surface area contributed by atoms with Crippen LogP contribution in [0.25, 0.3) is 0 Å². The Hall–Kier alpha value is -1.91. The van der Waals surface area contributed by atoms with E-state index in [0.717, 1.165) is 50.9 Å². The van der Waals surface area contributed by atoms with Crippen molar-refractivity contribution in [1.82, 2.24) is 9.88 Å². The second-order valence-electron chi connectivity index (χ2n) is 5.49. The van der Waals surface area contributed by atoms with Gasteiger partial charge in [0.2, 0.25) is 5.91 Å². The van der Waals surface area contributed by atoms with Crippen LogP contribution in [0.2, 0.25) is 0 Å². The lowest BCUT2D eigenvalue weighted by Gasteiger charge is -2.31. The number of amides is 1. The molecule has 1 aromatic heterocycles. The number of nitrogens with zero attached hydrogens (tertiary/aromatic N) is 2. The van der Waals surface area contributed by atoms with Crippen LogP contribution in [-0.4, -0.2) is 40.0 Å². The van der Waals surface area contributed by atoms with Gasteiger partial charge in [-0.25, -0.2) is 4.79 Å². The number of aromatic nitrogens is 1. The fraction of sp³-hybridized carbons (Fsp3) is 0.562. The number of likely N-dealkylation sites (tertiary alicyclic amines) is 1. The summed E-state index contributed by atoms with van der Waals surface area (Å²) in [4.78, 5) is 29.2. The Kier molecular flexibility index (Phi) is 5.31. The summed E-state index contributed by atoms with van der Waals surface area (Å²) in [6.07, 6.45) is 6.02. The van der Waals surface area contributed by atoms with Crippen LogP contribution in [0, 0.1) is 5.92 Å². The van der Waals surface area contributed by atoms with Gasteiger partial charge in [0, 0.05) is 30.9 Å². The van der Waals surface area contributed by atoms with E-state index in [1.165, 1.54) is 12.3 Å². The number of carboxylic acids is 1. The van der Waals surface area contributed by atoms with E-state index >= 15 is 0 Å². The number of hydrogen-bond acceptors (Lipinski definition) is 3. The molecule has 0 aromatic carbocycles. The van der Waals surface area contributed by atoms with Crippen molar-refractivity contribution < 1.29 is 14.7 Å². The lowest BCUT2D eigenvalue weighted by molar-refractivity contribution is -0.138. The van der Waals surface area contributed by atoms with E-state index < -0.39 is 5.97 Å². The number of hydrogen-bond donors (Lipinski definition) is 1. The molecule has 1 aliphatic rings. The van der Waals surface area contributed by atoms with E-state index in [9.17, 15) is 9.59 Å². The summed E-state index contributed by atoms with van der Waals surface area (Å²) in [5, 5.41) is 8.95. The molecule has 1 N–H and O–H groups in total. The largest absolute Gasteiger partial charge is 0.478 e. The van der Waals surface area contributed by atoms with E-state index in [1.807, 2.05) is 11.8 Å². The molecule has 0 spiro atoms. The average molecular weight is 290 g/mol. The van der Waals surface area contributed by atoms with Crippen LogP contribution in [0.5, 0.6) is 0 Å². The molecule has 21 heavy (non-hydrogen) atoms. The summed E-state index contributed by atoms with van der Waals surface area (Å²) in [5.41, 5.74) is 1.05. The second-order valence-corrected chi connectivity index (χ2v) is 5.49. The van der Waals surface area contributed by atoms with E-state index in [-0.39, 0.29) is 17.4 Å². The van der Waals surface area contributed by atoms with Crippen LogP contribution in [0.1, 0.15) is 48.7 Å². The van der Waals surface area contributed by atoms with Gasteiger partial charge in [0.1, 0.15) is 0 Å². The molecule has 5 nitrogen and oxygen atoms in total. The van der Waals surface area contributed by atoms with E-state index in [4.69, 9.17) is 5.11 Å². The maximum absolute atomic E-state index is 12.2. The predicted octanol–water partition coefficient (Wildman–Crippen LogP) is 2.36. The van der Waals surface area contributed by atoms with Crippen molar-refractivity contribution >= 4 is 11.9 Å². The molecule has 1 fully saturated rings. The van der Waals surface area contributed by atoms with Crippen molar-refractivity contribution in [2.24, 2.45) is 5.92 Å². The van der Waals surface area contributed by atoms with Gasteiger partial charge < -0.3 is 10.0 Å². The lowest BCUT2D eigenvalue weighted by Crippen LogP contribution is -2.40. The minimum Gasteiger partial charge on any atom is -0.478 e. The first-order valence-electron chi connectivity index (χ1n) is 7.58. The third-order valence-corrected chi connectivity index (χ3v) is 4.07. The highest BCUT2D eigenvalue weighted by molar-refractivity contribution is 5.87. The van der Waals surface area contributed by atoms with Crippen molar-refractivity contribution in [2.75, 3.05) is 13.1 Å². The molecular weight excluding hydrogens is 268 g/mol. The highest BCUT2D eigenvalue weighted by Gasteiger charge is 2.26. The monoisotopic (exact) mass is 290 g/mol. The van der Waals surface area contributed by atoms with Gasteiger partial charge in [0.15, 0.2) is 0 Å². The molecule has 1 aliphatic heterocycles. The van der Waals surface area contributed by atoms with Crippen LogP contribution < -0.4 is 0 Å². The molecule has 0 unspecified atom stereocenters. The van der Waals surface area contributed by atoms with E-state index in [1.54, 1.807) is 6.07 Å². The molecule has 0 bridgehead atoms. The van der Waals surface area contributed by atoms with Crippen LogP contribution in [-0.2, 0) is 11.2 Å². The molecule has 0 saturated carbocycles. The minimum absolute atomic E-state index is 0.126. The Morgan fingerprint density at radius 2 is 2.33 bits per heavy atom. The van der Waals surface area contributed by atoms with Gasteiger partial charge in [-0.2, -0.15) is 0 Å². The zero-order valence-corrected chi connectivity index (χ0v) is 12.4. The molecule has 0 radical (unpaired) electrons. The molecule has 0 aliphatic carbocycles. The molecule has 1 amide bonds. The average Bonchev–Trinajstić information content (AvgIpc) is 2.49. The molecule has 2 rings (SSSR count). The van der Waals surface area contributed by atoms with Crippen molar-refractivity contribution in [3.8, 4) is 0 Å². The molecule has 1 atom stereocenters. The third kappa shape index (κ3) is 4.03. The quantitative estimate of drug-likeness (QED) is 0.873. The summed E-state index contributed by atoms with van der Waals surface area (Å²) in [6.45, 7) is 3.69. The fourth-order valence-electron chi connectivity index (χ4n) is 2.88. The van der Waals surface area contributed by atoms with Crippen molar-refractivity contribution in [2.45, 2.75) is 39.0 Å². The summed E-state index contributed by atoms with van der Waals surface area (Å²) >= 11 is 0. The number of aromatic carboxylic acids is 1. The van der Waals surface area contributed by atoms with Crippen molar-refractivity contribution in [1.29, 1.82) is 0 Å². The Morgan fingerprint density at radius 3 is 3.05 bits per heavy atom. The SMILES string of the molecule is CCN1CCC[C@@H](CCCc2cc(C(=O)O)ccn2)C1=O. The predicted molar refractivity (Wildman–Crippen MR) is 79.1 cm³/mol.